The highest BCUT2D eigenvalue weighted by Crippen LogP contribution is 2.18. The maximum atomic E-state index is 4.75. The molecular formula is C17H20N4. The Balaban J connectivity index is 2.08. The van der Waals surface area contributed by atoms with Crippen LogP contribution in [0.4, 0.5) is 0 Å². The number of hydrogen-bond acceptors (Lipinski definition) is 3. The lowest BCUT2D eigenvalue weighted by molar-refractivity contribution is 0.723. The first-order valence-electron chi connectivity index (χ1n) is 7.44. The van der Waals surface area contributed by atoms with Crippen LogP contribution in [0.2, 0.25) is 0 Å². The van der Waals surface area contributed by atoms with Gasteiger partial charge >= 0.3 is 0 Å². The van der Waals surface area contributed by atoms with Gasteiger partial charge in [-0.25, -0.2) is 9.97 Å². The summed E-state index contributed by atoms with van der Waals surface area (Å²) in [5, 5.41) is 3.37. The molecule has 1 N–H and O–H groups in total. The van der Waals surface area contributed by atoms with Crippen LogP contribution in [0.3, 0.4) is 0 Å². The van der Waals surface area contributed by atoms with E-state index < -0.39 is 0 Å². The van der Waals surface area contributed by atoms with Crippen molar-refractivity contribution in [3.05, 3.63) is 54.0 Å². The van der Waals surface area contributed by atoms with Gasteiger partial charge in [-0.05, 0) is 42.8 Å². The van der Waals surface area contributed by atoms with Crippen LogP contribution in [-0.2, 0) is 13.0 Å². The van der Waals surface area contributed by atoms with E-state index in [-0.39, 0.29) is 0 Å². The average Bonchev–Trinajstić information content (AvgIpc) is 2.96. The Morgan fingerprint density at radius 2 is 2.00 bits per heavy atom. The third-order valence-electron chi connectivity index (χ3n) is 3.57. The Bertz CT molecular complexity index is 745. The van der Waals surface area contributed by atoms with Crippen LogP contribution < -0.4 is 5.32 Å². The van der Waals surface area contributed by atoms with Crippen LogP contribution in [0.15, 0.2) is 42.7 Å². The van der Waals surface area contributed by atoms with Crippen LogP contribution in [0, 0.1) is 0 Å². The average molecular weight is 280 g/mol. The number of benzene rings is 1. The molecule has 0 atom stereocenters. The molecule has 2 aromatic heterocycles. The quantitative estimate of drug-likeness (QED) is 0.781. The summed E-state index contributed by atoms with van der Waals surface area (Å²) in [5.74, 6) is 0.941. The lowest BCUT2D eigenvalue weighted by Crippen LogP contribution is -2.13. The summed E-state index contributed by atoms with van der Waals surface area (Å²) in [6.45, 7) is 6.08. The second-order valence-corrected chi connectivity index (χ2v) is 5.06. The van der Waals surface area contributed by atoms with Crippen molar-refractivity contribution in [2.24, 2.45) is 0 Å². The van der Waals surface area contributed by atoms with E-state index in [1.165, 1.54) is 5.56 Å². The Labute approximate surface area is 124 Å². The number of rotatable bonds is 5. The van der Waals surface area contributed by atoms with Gasteiger partial charge in [-0.2, -0.15) is 0 Å². The van der Waals surface area contributed by atoms with Gasteiger partial charge in [0, 0.05) is 12.2 Å². The molecule has 0 fully saturated rings. The maximum Gasteiger partial charge on any atom is 0.138 e. The van der Waals surface area contributed by atoms with Gasteiger partial charge in [-0.1, -0.05) is 26.0 Å². The molecule has 1 aromatic carbocycles. The third-order valence-corrected chi connectivity index (χ3v) is 3.57. The van der Waals surface area contributed by atoms with Crippen molar-refractivity contribution in [2.75, 3.05) is 6.54 Å². The predicted octanol–water partition coefficient (Wildman–Crippen LogP) is 3.09. The molecule has 0 spiro atoms. The molecule has 2 heterocycles. The Hall–Kier alpha value is -2.20. The normalized spacial score (nSPS) is 11.1. The molecule has 4 heteroatoms. The maximum absolute atomic E-state index is 4.75. The zero-order valence-corrected chi connectivity index (χ0v) is 12.5. The molecule has 0 aliphatic carbocycles. The van der Waals surface area contributed by atoms with Crippen molar-refractivity contribution in [1.82, 2.24) is 19.9 Å². The molecule has 3 aromatic rings. The smallest absolute Gasteiger partial charge is 0.138 e. The summed E-state index contributed by atoms with van der Waals surface area (Å²) in [7, 11) is 0. The standard InChI is InChI=1S/C17H20N4/c1-3-14-9-13(11-18-4-2)10-17(20-14)21-12-19-15-7-5-6-8-16(15)21/h5-10,12,18H,3-4,11H2,1-2H3. The molecule has 3 rings (SSSR count). The van der Waals surface area contributed by atoms with Crippen molar-refractivity contribution < 1.29 is 0 Å². The number of nitrogens with zero attached hydrogens (tertiary/aromatic N) is 3. The summed E-state index contributed by atoms with van der Waals surface area (Å²) in [6, 6.07) is 12.4. The van der Waals surface area contributed by atoms with Crippen LogP contribution >= 0.6 is 0 Å². The monoisotopic (exact) mass is 280 g/mol. The van der Waals surface area contributed by atoms with Gasteiger partial charge in [0.2, 0.25) is 0 Å². The summed E-state index contributed by atoms with van der Waals surface area (Å²) in [6.07, 6.45) is 2.78. The topological polar surface area (TPSA) is 42.7 Å². The predicted molar refractivity (Wildman–Crippen MR) is 85.6 cm³/mol. The summed E-state index contributed by atoms with van der Waals surface area (Å²) in [4.78, 5) is 9.20. The number of aryl methyl sites for hydroxylation is 1. The van der Waals surface area contributed by atoms with Crippen LogP contribution in [0.1, 0.15) is 25.1 Å². The first kappa shape index (κ1) is 13.8. The molecule has 108 valence electrons. The molecule has 0 unspecified atom stereocenters. The van der Waals surface area contributed by atoms with Crippen LogP contribution in [0.25, 0.3) is 16.9 Å². The molecule has 21 heavy (non-hydrogen) atoms. The second kappa shape index (κ2) is 6.06. The van der Waals surface area contributed by atoms with Gasteiger partial charge in [-0.3, -0.25) is 4.57 Å². The first-order valence-corrected chi connectivity index (χ1v) is 7.44. The van der Waals surface area contributed by atoms with Crippen molar-refractivity contribution in [2.45, 2.75) is 26.8 Å². The van der Waals surface area contributed by atoms with Crippen LogP contribution in [-0.4, -0.2) is 21.1 Å². The summed E-state index contributed by atoms with van der Waals surface area (Å²) < 4.78 is 2.06. The SMILES string of the molecule is CCNCc1cc(CC)nc(-n2cnc3ccccc32)c1. The zero-order chi connectivity index (χ0) is 14.7. The van der Waals surface area contributed by atoms with E-state index in [9.17, 15) is 0 Å². The molecule has 0 aliphatic rings. The number of pyridine rings is 1. The fourth-order valence-electron chi connectivity index (χ4n) is 2.45. The van der Waals surface area contributed by atoms with Gasteiger partial charge in [0.15, 0.2) is 0 Å². The van der Waals surface area contributed by atoms with Crippen molar-refractivity contribution in [3.8, 4) is 5.82 Å². The van der Waals surface area contributed by atoms with Gasteiger partial charge in [0.05, 0.1) is 11.0 Å². The fraction of sp³-hybridized carbons (Fsp3) is 0.294. The van der Waals surface area contributed by atoms with E-state index >= 15 is 0 Å². The largest absolute Gasteiger partial charge is 0.313 e. The Morgan fingerprint density at radius 3 is 2.81 bits per heavy atom. The molecule has 4 nitrogen and oxygen atoms in total. The highest BCUT2D eigenvalue weighted by molar-refractivity contribution is 5.76. The number of nitrogens with one attached hydrogen (secondary N) is 1. The molecule has 0 saturated heterocycles. The van der Waals surface area contributed by atoms with E-state index in [0.29, 0.717) is 0 Å². The van der Waals surface area contributed by atoms with E-state index in [2.05, 4.69) is 46.9 Å². The fourth-order valence-corrected chi connectivity index (χ4v) is 2.45. The van der Waals surface area contributed by atoms with Crippen molar-refractivity contribution in [3.63, 3.8) is 0 Å². The van der Waals surface area contributed by atoms with E-state index in [1.54, 1.807) is 0 Å². The number of imidazole rings is 1. The van der Waals surface area contributed by atoms with Crippen LogP contribution in [0.5, 0.6) is 0 Å². The molecule has 0 aliphatic heterocycles. The molecule has 0 bridgehead atoms. The number of hydrogen-bond donors (Lipinski definition) is 1. The molecule has 0 amide bonds. The summed E-state index contributed by atoms with van der Waals surface area (Å²) >= 11 is 0. The van der Waals surface area contributed by atoms with Gasteiger partial charge in [-0.15, -0.1) is 0 Å². The lowest BCUT2D eigenvalue weighted by Gasteiger charge is -2.10. The summed E-state index contributed by atoms with van der Waals surface area (Å²) in [5.41, 5.74) is 4.46. The van der Waals surface area contributed by atoms with Gasteiger partial charge in [0.1, 0.15) is 12.1 Å². The second-order valence-electron chi connectivity index (χ2n) is 5.06. The van der Waals surface area contributed by atoms with E-state index in [1.807, 2.05) is 24.5 Å². The molecule has 0 radical (unpaired) electrons. The third kappa shape index (κ3) is 2.81. The highest BCUT2D eigenvalue weighted by atomic mass is 15.1. The van der Waals surface area contributed by atoms with Crippen molar-refractivity contribution >= 4 is 11.0 Å². The molecule has 0 saturated carbocycles. The minimum absolute atomic E-state index is 0.867. The number of para-hydroxylation sites is 2. The first-order chi connectivity index (χ1) is 10.3. The van der Waals surface area contributed by atoms with Gasteiger partial charge in [0.25, 0.3) is 0 Å². The lowest BCUT2D eigenvalue weighted by atomic mass is 10.2. The van der Waals surface area contributed by atoms with Gasteiger partial charge < -0.3 is 5.32 Å². The Kier molecular flexibility index (Phi) is 3.97. The molecular weight excluding hydrogens is 260 g/mol. The zero-order valence-electron chi connectivity index (χ0n) is 12.5. The minimum Gasteiger partial charge on any atom is -0.313 e. The number of fused-ring (bicyclic) bond motifs is 1. The minimum atomic E-state index is 0.867. The van der Waals surface area contributed by atoms with E-state index in [4.69, 9.17) is 4.98 Å². The Morgan fingerprint density at radius 1 is 1.14 bits per heavy atom. The van der Waals surface area contributed by atoms with Crippen molar-refractivity contribution in [1.29, 1.82) is 0 Å². The number of aromatic nitrogens is 3. The highest BCUT2D eigenvalue weighted by Gasteiger charge is 2.07. The van der Waals surface area contributed by atoms with E-state index in [0.717, 1.165) is 42.1 Å².